The number of aryl methyl sites for hydroxylation is 1. The highest BCUT2D eigenvalue weighted by Crippen LogP contribution is 2.31. The van der Waals surface area contributed by atoms with Crippen LogP contribution in [0, 0.1) is 23.3 Å². The molecular weight excluding hydrogens is 382 g/mol. The summed E-state index contributed by atoms with van der Waals surface area (Å²) in [7, 11) is 3.28. The predicted octanol–water partition coefficient (Wildman–Crippen LogP) is 1.75. The zero-order valence-corrected chi connectivity index (χ0v) is 15.0. The van der Waals surface area contributed by atoms with Gasteiger partial charge in [0.25, 0.3) is 0 Å². The Morgan fingerprint density at radius 1 is 1.21 bits per heavy atom. The van der Waals surface area contributed by atoms with Crippen LogP contribution in [0.3, 0.4) is 0 Å². The number of carbonyl (C=O) groups excluding carboxylic acids is 2. The molecule has 1 saturated heterocycles. The molecule has 0 saturated carbocycles. The number of rotatable bonds is 4. The highest BCUT2D eigenvalue weighted by molar-refractivity contribution is 5.82. The van der Waals surface area contributed by atoms with Crippen LogP contribution in [0.15, 0.2) is 18.3 Å². The Balaban J connectivity index is 1.70. The van der Waals surface area contributed by atoms with Crippen LogP contribution in [-0.2, 0) is 18.4 Å². The fourth-order valence-electron chi connectivity index (χ4n) is 3.23. The van der Waals surface area contributed by atoms with Gasteiger partial charge in [-0.1, -0.05) is 0 Å². The summed E-state index contributed by atoms with van der Waals surface area (Å²) in [6, 6.07) is -0.00628. The second-order valence-corrected chi connectivity index (χ2v) is 6.41. The average molecular weight is 399 g/mol. The van der Waals surface area contributed by atoms with Gasteiger partial charge in [0.2, 0.25) is 5.91 Å². The number of benzene rings is 1. The minimum atomic E-state index is -1.82. The summed E-state index contributed by atoms with van der Waals surface area (Å²) in [4.78, 5) is 25.7. The molecule has 0 radical (unpaired) electrons. The van der Waals surface area contributed by atoms with Crippen molar-refractivity contribution >= 4 is 11.9 Å². The van der Waals surface area contributed by atoms with Gasteiger partial charge >= 0.3 is 6.03 Å². The van der Waals surface area contributed by atoms with Crippen LogP contribution in [0.25, 0.3) is 0 Å². The van der Waals surface area contributed by atoms with Crippen LogP contribution < -0.4 is 10.6 Å². The number of aromatic nitrogens is 2. The van der Waals surface area contributed by atoms with E-state index in [9.17, 15) is 27.2 Å². The first kappa shape index (κ1) is 19.6. The van der Waals surface area contributed by atoms with Crippen LogP contribution in [0.1, 0.15) is 23.7 Å². The number of carbonyl (C=O) groups is 2. The van der Waals surface area contributed by atoms with E-state index < -0.39 is 53.5 Å². The molecule has 150 valence electrons. The van der Waals surface area contributed by atoms with Crippen molar-refractivity contribution in [1.82, 2.24) is 25.3 Å². The third kappa shape index (κ3) is 3.51. The van der Waals surface area contributed by atoms with E-state index in [1.54, 1.807) is 31.0 Å². The first-order chi connectivity index (χ1) is 13.2. The van der Waals surface area contributed by atoms with Gasteiger partial charge in [0.1, 0.15) is 5.82 Å². The normalized spacial score (nSPS) is 19.2. The maximum Gasteiger partial charge on any atom is 0.315 e. The van der Waals surface area contributed by atoms with Crippen molar-refractivity contribution in [3.63, 3.8) is 0 Å². The SMILES string of the molecule is CN1C(=O)C[C@@H](NC(=O)NCc2c(F)cc(F)c(F)c2F)[C@@H]1c1ccnn1C. The molecule has 3 rings (SSSR count). The van der Waals surface area contributed by atoms with Crippen LogP contribution in [-0.4, -0.2) is 39.7 Å². The molecule has 28 heavy (non-hydrogen) atoms. The molecule has 2 atom stereocenters. The lowest BCUT2D eigenvalue weighted by molar-refractivity contribution is -0.127. The maximum absolute atomic E-state index is 13.7. The number of nitrogens with zero attached hydrogens (tertiary/aromatic N) is 3. The summed E-state index contributed by atoms with van der Waals surface area (Å²) in [6.07, 6.45) is 1.57. The molecule has 2 N–H and O–H groups in total. The summed E-state index contributed by atoms with van der Waals surface area (Å²) >= 11 is 0. The molecule has 2 heterocycles. The van der Waals surface area contributed by atoms with Gasteiger partial charge in [-0.15, -0.1) is 0 Å². The van der Waals surface area contributed by atoms with E-state index in [1.807, 2.05) is 0 Å². The van der Waals surface area contributed by atoms with Crippen molar-refractivity contribution in [2.45, 2.75) is 25.0 Å². The number of nitrogens with one attached hydrogen (secondary N) is 2. The summed E-state index contributed by atoms with van der Waals surface area (Å²) in [6.45, 7) is -0.701. The zero-order valence-electron chi connectivity index (χ0n) is 15.0. The van der Waals surface area contributed by atoms with Crippen molar-refractivity contribution < 1.29 is 27.2 Å². The summed E-state index contributed by atoms with van der Waals surface area (Å²) < 4.78 is 55.1. The van der Waals surface area contributed by atoms with Crippen LogP contribution in [0.2, 0.25) is 0 Å². The first-order valence-electron chi connectivity index (χ1n) is 8.30. The molecule has 1 fully saturated rings. The molecule has 1 aliphatic heterocycles. The number of halogens is 4. The molecule has 3 amide bonds. The fourth-order valence-corrected chi connectivity index (χ4v) is 3.23. The fraction of sp³-hybridized carbons (Fsp3) is 0.353. The van der Waals surface area contributed by atoms with E-state index in [0.29, 0.717) is 5.69 Å². The van der Waals surface area contributed by atoms with Gasteiger partial charge in [0, 0.05) is 38.3 Å². The topological polar surface area (TPSA) is 79.3 Å². The smallest absolute Gasteiger partial charge is 0.315 e. The minimum absolute atomic E-state index is 0.0215. The molecule has 0 spiro atoms. The van der Waals surface area contributed by atoms with Crippen molar-refractivity contribution in [3.05, 3.63) is 52.9 Å². The van der Waals surface area contributed by atoms with Crippen molar-refractivity contribution in [2.24, 2.45) is 7.05 Å². The Bertz CT molecular complexity index is 933. The van der Waals surface area contributed by atoms with E-state index in [4.69, 9.17) is 0 Å². The molecule has 0 unspecified atom stereocenters. The Morgan fingerprint density at radius 3 is 2.57 bits per heavy atom. The summed E-state index contributed by atoms with van der Waals surface area (Å²) in [5.41, 5.74) is -0.117. The quantitative estimate of drug-likeness (QED) is 0.467. The van der Waals surface area contributed by atoms with Gasteiger partial charge < -0.3 is 15.5 Å². The van der Waals surface area contributed by atoms with Crippen molar-refractivity contribution in [2.75, 3.05) is 7.05 Å². The van der Waals surface area contributed by atoms with E-state index in [0.717, 1.165) is 0 Å². The van der Waals surface area contributed by atoms with Gasteiger partial charge in [-0.25, -0.2) is 22.4 Å². The molecule has 2 aromatic rings. The van der Waals surface area contributed by atoms with Gasteiger partial charge in [0.15, 0.2) is 17.5 Å². The van der Waals surface area contributed by atoms with E-state index in [2.05, 4.69) is 15.7 Å². The largest absolute Gasteiger partial charge is 0.335 e. The number of hydrogen-bond donors (Lipinski definition) is 2. The lowest BCUT2D eigenvalue weighted by atomic mass is 10.1. The lowest BCUT2D eigenvalue weighted by Crippen LogP contribution is -2.44. The third-order valence-electron chi connectivity index (χ3n) is 4.70. The first-order valence-corrected chi connectivity index (χ1v) is 8.30. The number of urea groups is 1. The van der Waals surface area contributed by atoms with Gasteiger partial charge in [-0.05, 0) is 6.07 Å². The predicted molar refractivity (Wildman–Crippen MR) is 88.8 cm³/mol. The van der Waals surface area contributed by atoms with E-state index in [-0.39, 0.29) is 18.4 Å². The van der Waals surface area contributed by atoms with E-state index in [1.165, 1.54) is 4.90 Å². The van der Waals surface area contributed by atoms with Crippen molar-refractivity contribution in [3.8, 4) is 0 Å². The Labute approximate surface area is 157 Å². The maximum atomic E-state index is 13.7. The Hall–Kier alpha value is -3.11. The Morgan fingerprint density at radius 2 is 1.93 bits per heavy atom. The van der Waals surface area contributed by atoms with Gasteiger partial charge in [-0.3, -0.25) is 9.48 Å². The summed E-state index contributed by atoms with van der Waals surface area (Å²) in [5, 5.41) is 8.81. The zero-order chi connectivity index (χ0) is 20.6. The molecule has 1 aromatic carbocycles. The number of likely N-dealkylation sites (tertiary alicyclic amines) is 1. The Kier molecular flexibility index (Phi) is 5.25. The molecule has 1 aromatic heterocycles. The highest BCUT2D eigenvalue weighted by Gasteiger charge is 2.40. The molecule has 7 nitrogen and oxygen atoms in total. The second kappa shape index (κ2) is 7.49. The highest BCUT2D eigenvalue weighted by atomic mass is 19.2. The summed E-state index contributed by atoms with van der Waals surface area (Å²) in [5.74, 6) is -6.71. The molecule has 1 aliphatic rings. The van der Waals surface area contributed by atoms with Crippen LogP contribution in [0.4, 0.5) is 22.4 Å². The minimum Gasteiger partial charge on any atom is -0.335 e. The lowest BCUT2D eigenvalue weighted by Gasteiger charge is -2.25. The van der Waals surface area contributed by atoms with Gasteiger partial charge in [-0.2, -0.15) is 5.10 Å². The monoisotopic (exact) mass is 399 g/mol. The molecule has 0 aliphatic carbocycles. The van der Waals surface area contributed by atoms with Crippen molar-refractivity contribution in [1.29, 1.82) is 0 Å². The van der Waals surface area contributed by atoms with Crippen LogP contribution in [0.5, 0.6) is 0 Å². The average Bonchev–Trinajstić information content (AvgIpc) is 3.16. The number of amides is 3. The second-order valence-electron chi connectivity index (χ2n) is 6.41. The van der Waals surface area contributed by atoms with E-state index >= 15 is 0 Å². The number of hydrogen-bond acceptors (Lipinski definition) is 3. The number of likely N-dealkylation sites (N-methyl/N-ethyl adjacent to an activating group) is 1. The molecule has 0 bridgehead atoms. The van der Waals surface area contributed by atoms with Crippen LogP contribution >= 0.6 is 0 Å². The molecule has 11 heteroatoms. The standard InChI is InChI=1S/C17H17F4N5O2/c1-25-13(27)6-11(16(25)12-3-4-23-26(12)2)24-17(28)22-7-8-9(18)5-10(19)15(21)14(8)20/h3-5,11,16H,6-7H2,1-2H3,(H2,22,24,28)/t11-,16-/m1/s1. The molecular formula is C17H17F4N5O2. The van der Waals surface area contributed by atoms with Gasteiger partial charge in [0.05, 0.1) is 24.3 Å². The third-order valence-corrected chi connectivity index (χ3v) is 4.70.